The van der Waals surface area contributed by atoms with E-state index in [1.807, 2.05) is 72.8 Å². The summed E-state index contributed by atoms with van der Waals surface area (Å²) in [6, 6.07) is 53.6. The van der Waals surface area contributed by atoms with E-state index in [4.69, 9.17) is 33.2 Å². The van der Waals surface area contributed by atoms with Crippen LogP contribution in [-0.2, 0) is 0 Å². The fourth-order valence-corrected chi connectivity index (χ4v) is 6.68. The number of pyridine rings is 2. The highest BCUT2D eigenvalue weighted by atomic mass is 35.5. The van der Waals surface area contributed by atoms with Crippen LogP contribution in [0, 0.1) is 0 Å². The molecule has 0 bridgehead atoms. The predicted molar refractivity (Wildman–Crippen MR) is 194 cm³/mol. The minimum Gasteiger partial charge on any atom is -0.245 e. The summed E-state index contributed by atoms with van der Waals surface area (Å²) in [5.74, 6) is 0. The van der Waals surface area contributed by atoms with Gasteiger partial charge in [0.1, 0.15) is 0 Å². The second-order valence-corrected chi connectivity index (χ2v) is 12.1. The lowest BCUT2D eigenvalue weighted by molar-refractivity contribution is 1.28. The number of halogens is 2. The Morgan fingerprint density at radius 2 is 0.630 bits per heavy atom. The molecule has 6 aromatic carbocycles. The molecule has 2 aromatic heterocycles. The fourth-order valence-electron chi connectivity index (χ4n) is 6.34. The predicted octanol–water partition coefficient (Wildman–Crippen LogP) is 12.4. The van der Waals surface area contributed by atoms with Crippen LogP contribution in [0.15, 0.2) is 158 Å². The molecule has 0 spiro atoms. The highest BCUT2D eigenvalue weighted by Crippen LogP contribution is 2.46. The van der Waals surface area contributed by atoms with Crippen molar-refractivity contribution in [1.29, 1.82) is 0 Å². The SMILES string of the molecule is Clc1ccc2c(-c3ccccc3)c(-c3ccccc3)nc(-c3nc(-c4ccccc4)c(-c4ccccc4)c4ccc(Cl)cc34)c2c1. The van der Waals surface area contributed by atoms with Crippen LogP contribution in [0.1, 0.15) is 0 Å². The van der Waals surface area contributed by atoms with Crippen LogP contribution in [0.2, 0.25) is 10.0 Å². The third-order valence-corrected chi connectivity index (χ3v) is 8.85. The van der Waals surface area contributed by atoms with Gasteiger partial charge in [-0.15, -0.1) is 0 Å². The van der Waals surface area contributed by atoms with Crippen LogP contribution in [0.5, 0.6) is 0 Å². The molecular weight excluding hydrogens is 603 g/mol. The second kappa shape index (κ2) is 11.9. The molecule has 0 radical (unpaired) electrons. The molecule has 8 rings (SSSR count). The largest absolute Gasteiger partial charge is 0.245 e. The van der Waals surface area contributed by atoms with Gasteiger partial charge in [0.15, 0.2) is 0 Å². The van der Waals surface area contributed by atoms with E-state index in [0.29, 0.717) is 10.0 Å². The number of hydrogen-bond acceptors (Lipinski definition) is 2. The Morgan fingerprint density at radius 3 is 0.978 bits per heavy atom. The van der Waals surface area contributed by atoms with Gasteiger partial charge in [-0.2, -0.15) is 0 Å². The second-order valence-electron chi connectivity index (χ2n) is 11.2. The van der Waals surface area contributed by atoms with E-state index in [-0.39, 0.29) is 0 Å². The summed E-state index contributed by atoms with van der Waals surface area (Å²) >= 11 is 13.5. The summed E-state index contributed by atoms with van der Waals surface area (Å²) in [5, 5.41) is 5.20. The first-order valence-electron chi connectivity index (χ1n) is 15.1. The lowest BCUT2D eigenvalue weighted by atomic mass is 9.89. The third-order valence-electron chi connectivity index (χ3n) is 8.38. The van der Waals surface area contributed by atoms with Crippen molar-refractivity contribution in [3.05, 3.63) is 168 Å². The van der Waals surface area contributed by atoms with Crippen molar-refractivity contribution in [3.8, 4) is 56.2 Å². The Balaban J connectivity index is 1.56. The van der Waals surface area contributed by atoms with E-state index >= 15 is 0 Å². The smallest absolute Gasteiger partial charge is 0.0979 e. The quantitative estimate of drug-likeness (QED) is 0.189. The maximum absolute atomic E-state index is 6.74. The van der Waals surface area contributed by atoms with Crippen molar-refractivity contribution in [3.63, 3.8) is 0 Å². The summed E-state index contributed by atoms with van der Waals surface area (Å²) in [6.07, 6.45) is 0. The maximum atomic E-state index is 6.74. The van der Waals surface area contributed by atoms with Gasteiger partial charge in [-0.1, -0.05) is 157 Å². The van der Waals surface area contributed by atoms with Gasteiger partial charge in [0.25, 0.3) is 0 Å². The molecule has 0 N–H and O–H groups in total. The molecular formula is C42H26Cl2N2. The summed E-state index contributed by atoms with van der Waals surface area (Å²) in [7, 11) is 0. The summed E-state index contributed by atoms with van der Waals surface area (Å²) in [6.45, 7) is 0. The standard InChI is InChI=1S/C42H26Cl2N2/c43-31-21-23-33-35(25-31)41(45-39(29-17-9-3-10-18-29)37(33)27-13-5-1-6-14-27)42-36-26-32(44)22-24-34(36)38(28-15-7-2-8-16-28)40(46-42)30-19-11-4-12-20-30/h1-26H. The Kier molecular flexibility index (Phi) is 7.30. The molecule has 0 aliphatic heterocycles. The molecule has 0 aliphatic rings. The van der Waals surface area contributed by atoms with Gasteiger partial charge in [0.05, 0.1) is 22.8 Å². The Bertz CT molecular complexity index is 2190. The highest BCUT2D eigenvalue weighted by Gasteiger charge is 2.24. The zero-order valence-electron chi connectivity index (χ0n) is 24.7. The van der Waals surface area contributed by atoms with Gasteiger partial charge >= 0.3 is 0 Å². The molecule has 8 aromatic rings. The minimum atomic E-state index is 0.633. The van der Waals surface area contributed by atoms with E-state index in [2.05, 4.69) is 84.9 Å². The van der Waals surface area contributed by atoms with E-state index in [9.17, 15) is 0 Å². The number of nitrogens with zero attached hydrogens (tertiary/aromatic N) is 2. The molecule has 0 atom stereocenters. The normalized spacial score (nSPS) is 11.3. The van der Waals surface area contributed by atoms with Gasteiger partial charge in [-0.05, 0) is 46.2 Å². The Labute approximate surface area is 277 Å². The van der Waals surface area contributed by atoms with Crippen molar-refractivity contribution < 1.29 is 0 Å². The van der Waals surface area contributed by atoms with Crippen LogP contribution in [0.4, 0.5) is 0 Å². The van der Waals surface area contributed by atoms with Gasteiger partial charge < -0.3 is 0 Å². The first-order chi connectivity index (χ1) is 22.7. The molecule has 0 unspecified atom stereocenters. The van der Waals surface area contributed by atoms with E-state index in [1.54, 1.807) is 0 Å². The van der Waals surface area contributed by atoms with Crippen LogP contribution in [0.25, 0.3) is 77.7 Å². The van der Waals surface area contributed by atoms with Crippen molar-refractivity contribution in [2.24, 2.45) is 0 Å². The zero-order valence-corrected chi connectivity index (χ0v) is 26.2. The monoisotopic (exact) mass is 628 g/mol. The van der Waals surface area contributed by atoms with Crippen LogP contribution >= 0.6 is 23.2 Å². The number of aromatic nitrogens is 2. The molecule has 46 heavy (non-hydrogen) atoms. The number of hydrogen-bond donors (Lipinski definition) is 0. The Morgan fingerprint density at radius 1 is 0.304 bits per heavy atom. The lowest BCUT2D eigenvalue weighted by Crippen LogP contribution is -2.01. The Hall–Kier alpha value is -5.28. The highest BCUT2D eigenvalue weighted by molar-refractivity contribution is 6.32. The average molecular weight is 630 g/mol. The van der Waals surface area contributed by atoms with Gasteiger partial charge in [-0.3, -0.25) is 0 Å². The van der Waals surface area contributed by atoms with E-state index in [0.717, 1.165) is 77.7 Å². The lowest BCUT2D eigenvalue weighted by Gasteiger charge is -2.20. The van der Waals surface area contributed by atoms with Crippen molar-refractivity contribution in [2.75, 3.05) is 0 Å². The molecule has 218 valence electrons. The topological polar surface area (TPSA) is 25.8 Å². The molecule has 0 fully saturated rings. The van der Waals surface area contributed by atoms with Gasteiger partial charge in [0.2, 0.25) is 0 Å². The summed E-state index contributed by atoms with van der Waals surface area (Å²) in [4.78, 5) is 11.0. The van der Waals surface area contributed by atoms with Crippen LogP contribution in [0.3, 0.4) is 0 Å². The number of rotatable bonds is 5. The zero-order chi connectivity index (χ0) is 31.0. The number of benzene rings is 6. The van der Waals surface area contributed by atoms with Crippen molar-refractivity contribution >= 4 is 44.7 Å². The van der Waals surface area contributed by atoms with Crippen molar-refractivity contribution in [2.45, 2.75) is 0 Å². The molecule has 0 saturated carbocycles. The van der Waals surface area contributed by atoms with E-state index in [1.165, 1.54) is 0 Å². The first-order valence-corrected chi connectivity index (χ1v) is 15.9. The molecule has 4 heteroatoms. The molecule has 0 aliphatic carbocycles. The fraction of sp³-hybridized carbons (Fsp3) is 0. The first kappa shape index (κ1) is 28.2. The maximum Gasteiger partial charge on any atom is 0.0979 e. The summed E-state index contributed by atoms with van der Waals surface area (Å²) < 4.78 is 0. The molecule has 0 amide bonds. The summed E-state index contributed by atoms with van der Waals surface area (Å²) in [5.41, 5.74) is 9.56. The molecule has 2 nitrogen and oxygen atoms in total. The third kappa shape index (κ3) is 5.02. The molecule has 0 saturated heterocycles. The average Bonchev–Trinajstić information content (AvgIpc) is 3.12. The van der Waals surface area contributed by atoms with Crippen molar-refractivity contribution in [1.82, 2.24) is 9.97 Å². The van der Waals surface area contributed by atoms with Gasteiger partial charge in [0, 0.05) is 43.1 Å². The number of fused-ring (bicyclic) bond motifs is 2. The van der Waals surface area contributed by atoms with Gasteiger partial charge in [-0.25, -0.2) is 9.97 Å². The van der Waals surface area contributed by atoms with Crippen LogP contribution < -0.4 is 0 Å². The van der Waals surface area contributed by atoms with E-state index < -0.39 is 0 Å². The molecule has 2 heterocycles. The minimum absolute atomic E-state index is 0.633. The van der Waals surface area contributed by atoms with Crippen LogP contribution in [-0.4, -0.2) is 9.97 Å².